The van der Waals surface area contributed by atoms with Crippen LogP contribution in [0.25, 0.3) is 0 Å². The zero-order valence-electron chi connectivity index (χ0n) is 11.2. The molecule has 2 rings (SSSR count). The molecule has 0 amide bonds. The third-order valence-electron chi connectivity index (χ3n) is 2.92. The lowest BCUT2D eigenvalue weighted by Gasteiger charge is -2.09. The number of benzene rings is 2. The summed E-state index contributed by atoms with van der Waals surface area (Å²) in [5.41, 5.74) is 5.81. The van der Waals surface area contributed by atoms with Crippen molar-refractivity contribution in [2.75, 3.05) is 5.73 Å². The third kappa shape index (κ3) is 3.56. The van der Waals surface area contributed by atoms with Crippen molar-refractivity contribution < 1.29 is 17.2 Å². The van der Waals surface area contributed by atoms with Crippen LogP contribution in [0.5, 0.6) is 0 Å². The summed E-state index contributed by atoms with van der Waals surface area (Å²) in [6, 6.07) is 7.82. The van der Waals surface area contributed by atoms with E-state index in [1.165, 1.54) is 31.2 Å². The number of halogens is 2. The fourth-order valence-corrected chi connectivity index (χ4v) is 2.96. The molecule has 21 heavy (non-hydrogen) atoms. The fourth-order valence-electron chi connectivity index (χ4n) is 1.83. The highest BCUT2D eigenvalue weighted by Crippen LogP contribution is 2.21. The highest BCUT2D eigenvalue weighted by atomic mass is 32.2. The molecule has 2 aromatic carbocycles. The molecule has 0 radical (unpaired) electrons. The number of nitrogens with one attached hydrogen (secondary N) is 1. The summed E-state index contributed by atoms with van der Waals surface area (Å²) in [6.07, 6.45) is 0. The minimum Gasteiger partial charge on any atom is -0.396 e. The predicted molar refractivity (Wildman–Crippen MR) is 76.0 cm³/mol. The van der Waals surface area contributed by atoms with E-state index in [-0.39, 0.29) is 22.7 Å². The standard InChI is InChI=1S/C14H14F2N2O2S/c1-9-5-12(7-13(17)14(9)16)21(19,20)18-8-10-3-2-4-11(15)6-10/h2-7,18H,8,17H2,1H3. The van der Waals surface area contributed by atoms with Gasteiger partial charge < -0.3 is 5.73 Å². The molecule has 0 aliphatic heterocycles. The van der Waals surface area contributed by atoms with E-state index in [0.717, 1.165) is 6.07 Å². The van der Waals surface area contributed by atoms with Crippen LogP contribution in [0.2, 0.25) is 0 Å². The summed E-state index contributed by atoms with van der Waals surface area (Å²) in [5.74, 6) is -1.09. The summed E-state index contributed by atoms with van der Waals surface area (Å²) in [6.45, 7) is 1.35. The molecular formula is C14H14F2N2O2S. The quantitative estimate of drug-likeness (QED) is 0.851. The molecule has 112 valence electrons. The molecule has 2 aromatic rings. The molecule has 4 nitrogen and oxygen atoms in total. The van der Waals surface area contributed by atoms with Gasteiger partial charge in [-0.15, -0.1) is 0 Å². The van der Waals surface area contributed by atoms with E-state index in [0.29, 0.717) is 5.56 Å². The molecular weight excluding hydrogens is 298 g/mol. The van der Waals surface area contributed by atoms with Crippen molar-refractivity contribution in [2.45, 2.75) is 18.4 Å². The molecule has 0 fully saturated rings. The first kappa shape index (κ1) is 15.4. The molecule has 0 saturated heterocycles. The van der Waals surface area contributed by atoms with Gasteiger partial charge in [0, 0.05) is 6.54 Å². The van der Waals surface area contributed by atoms with Gasteiger partial charge in [-0.3, -0.25) is 0 Å². The largest absolute Gasteiger partial charge is 0.396 e. The Bertz CT molecular complexity index is 753. The van der Waals surface area contributed by atoms with Crippen LogP contribution >= 0.6 is 0 Å². The number of nitrogen functional groups attached to an aromatic ring is 1. The van der Waals surface area contributed by atoms with Gasteiger partial charge in [0.2, 0.25) is 10.0 Å². The van der Waals surface area contributed by atoms with E-state index in [1.54, 1.807) is 6.07 Å². The van der Waals surface area contributed by atoms with Gasteiger partial charge in [-0.05, 0) is 42.3 Å². The maximum absolute atomic E-state index is 13.4. The highest BCUT2D eigenvalue weighted by molar-refractivity contribution is 7.89. The van der Waals surface area contributed by atoms with Crippen molar-refractivity contribution in [1.82, 2.24) is 4.72 Å². The normalized spacial score (nSPS) is 11.6. The van der Waals surface area contributed by atoms with Crippen molar-refractivity contribution in [3.8, 4) is 0 Å². The van der Waals surface area contributed by atoms with Crippen LogP contribution in [0.3, 0.4) is 0 Å². The van der Waals surface area contributed by atoms with Gasteiger partial charge in [-0.25, -0.2) is 21.9 Å². The molecule has 3 N–H and O–H groups in total. The lowest BCUT2D eigenvalue weighted by atomic mass is 10.2. The van der Waals surface area contributed by atoms with Gasteiger partial charge >= 0.3 is 0 Å². The molecule has 0 atom stereocenters. The summed E-state index contributed by atoms with van der Waals surface area (Å²) >= 11 is 0. The Kier molecular flexibility index (Phi) is 4.24. The average Bonchev–Trinajstić information content (AvgIpc) is 2.42. The average molecular weight is 312 g/mol. The molecule has 0 aromatic heterocycles. The number of anilines is 1. The monoisotopic (exact) mass is 312 g/mol. The third-order valence-corrected chi connectivity index (χ3v) is 4.30. The van der Waals surface area contributed by atoms with Gasteiger partial charge in [0.25, 0.3) is 0 Å². The number of nitrogens with two attached hydrogens (primary N) is 1. The molecule has 0 heterocycles. The van der Waals surface area contributed by atoms with Crippen LogP contribution in [0.15, 0.2) is 41.3 Å². The Morgan fingerprint density at radius 2 is 1.90 bits per heavy atom. The highest BCUT2D eigenvalue weighted by Gasteiger charge is 2.17. The molecule has 7 heteroatoms. The van der Waals surface area contributed by atoms with Gasteiger partial charge in [0.1, 0.15) is 11.6 Å². The van der Waals surface area contributed by atoms with Crippen LogP contribution in [-0.2, 0) is 16.6 Å². The lowest BCUT2D eigenvalue weighted by molar-refractivity contribution is 0.579. The Morgan fingerprint density at radius 3 is 2.52 bits per heavy atom. The first-order valence-electron chi connectivity index (χ1n) is 6.09. The molecule has 0 spiro atoms. The Balaban J connectivity index is 2.23. The smallest absolute Gasteiger partial charge is 0.240 e. The number of hydrogen-bond acceptors (Lipinski definition) is 3. The molecule has 0 aliphatic rings. The van der Waals surface area contributed by atoms with Crippen LogP contribution < -0.4 is 10.5 Å². The number of sulfonamides is 1. The van der Waals surface area contributed by atoms with E-state index in [2.05, 4.69) is 4.72 Å². The SMILES string of the molecule is Cc1cc(S(=O)(=O)NCc2cccc(F)c2)cc(N)c1F. The summed E-state index contributed by atoms with van der Waals surface area (Å²) < 4.78 is 53.0. The van der Waals surface area contributed by atoms with Crippen molar-refractivity contribution in [3.05, 3.63) is 59.2 Å². The minimum atomic E-state index is -3.85. The van der Waals surface area contributed by atoms with Crippen LogP contribution in [0.1, 0.15) is 11.1 Å². The topological polar surface area (TPSA) is 72.2 Å². The fraction of sp³-hybridized carbons (Fsp3) is 0.143. The summed E-state index contributed by atoms with van der Waals surface area (Å²) in [4.78, 5) is -0.129. The predicted octanol–water partition coefficient (Wildman–Crippen LogP) is 2.33. The van der Waals surface area contributed by atoms with Crippen molar-refractivity contribution in [2.24, 2.45) is 0 Å². The minimum absolute atomic E-state index is 0.0730. The molecule has 0 unspecified atom stereocenters. The second-order valence-electron chi connectivity index (χ2n) is 4.60. The van der Waals surface area contributed by atoms with Gasteiger partial charge in [0.15, 0.2) is 0 Å². The van der Waals surface area contributed by atoms with Gasteiger partial charge in [-0.1, -0.05) is 12.1 Å². The Labute approximate surface area is 121 Å². The maximum Gasteiger partial charge on any atom is 0.240 e. The zero-order chi connectivity index (χ0) is 15.6. The van der Waals surface area contributed by atoms with Crippen LogP contribution in [-0.4, -0.2) is 8.42 Å². The maximum atomic E-state index is 13.4. The summed E-state index contributed by atoms with van der Waals surface area (Å²) in [7, 11) is -3.85. The number of aryl methyl sites for hydroxylation is 1. The Morgan fingerprint density at radius 1 is 1.19 bits per heavy atom. The van der Waals surface area contributed by atoms with Crippen molar-refractivity contribution >= 4 is 15.7 Å². The molecule has 0 aliphatic carbocycles. The van der Waals surface area contributed by atoms with E-state index in [9.17, 15) is 17.2 Å². The van der Waals surface area contributed by atoms with E-state index >= 15 is 0 Å². The lowest BCUT2D eigenvalue weighted by Crippen LogP contribution is -2.23. The Hall–Kier alpha value is -1.99. The van der Waals surface area contributed by atoms with Crippen LogP contribution in [0.4, 0.5) is 14.5 Å². The molecule has 0 bridgehead atoms. The van der Waals surface area contributed by atoms with Gasteiger partial charge in [0.05, 0.1) is 10.6 Å². The first-order chi connectivity index (χ1) is 9.79. The summed E-state index contributed by atoms with van der Waals surface area (Å²) in [5, 5.41) is 0. The van der Waals surface area contributed by atoms with E-state index < -0.39 is 21.7 Å². The first-order valence-corrected chi connectivity index (χ1v) is 7.57. The van der Waals surface area contributed by atoms with Crippen molar-refractivity contribution in [1.29, 1.82) is 0 Å². The van der Waals surface area contributed by atoms with Crippen molar-refractivity contribution in [3.63, 3.8) is 0 Å². The van der Waals surface area contributed by atoms with Gasteiger partial charge in [-0.2, -0.15) is 0 Å². The van der Waals surface area contributed by atoms with E-state index in [4.69, 9.17) is 5.73 Å². The van der Waals surface area contributed by atoms with E-state index in [1.807, 2.05) is 0 Å². The number of rotatable bonds is 4. The van der Waals surface area contributed by atoms with Crippen LogP contribution in [0, 0.1) is 18.6 Å². The second-order valence-corrected chi connectivity index (χ2v) is 6.36. The molecule has 0 saturated carbocycles. The zero-order valence-corrected chi connectivity index (χ0v) is 12.0. The number of hydrogen-bond donors (Lipinski definition) is 2. The second kappa shape index (κ2) is 5.79.